The maximum atomic E-state index is 13.0. The molecular formula is C24H21NO5. The van der Waals surface area contributed by atoms with Crippen molar-refractivity contribution in [3.05, 3.63) is 95.5 Å². The van der Waals surface area contributed by atoms with E-state index in [4.69, 9.17) is 9.15 Å². The molecular weight excluding hydrogens is 382 g/mol. The molecule has 1 saturated heterocycles. The first kappa shape index (κ1) is 19.5. The van der Waals surface area contributed by atoms with Crippen molar-refractivity contribution in [3.8, 4) is 5.75 Å². The molecule has 1 unspecified atom stereocenters. The van der Waals surface area contributed by atoms with Gasteiger partial charge in [0.15, 0.2) is 0 Å². The lowest BCUT2D eigenvalue weighted by molar-refractivity contribution is -0.140. The molecule has 1 aromatic heterocycles. The summed E-state index contributed by atoms with van der Waals surface area (Å²) in [7, 11) is 0. The molecule has 0 aliphatic carbocycles. The molecule has 152 valence electrons. The number of aliphatic hydroxyl groups is 1. The standard InChI is InChI=1S/C24H21NO5/c1-2-29-18-11-6-10-17(14-18)21-20(22(26)16-8-4-3-5-9-16)23(27)24(28)25(21)15-19-12-7-13-30-19/h3-14,21,26H,2,15H2,1H3/b22-20+. The second-order valence-electron chi connectivity index (χ2n) is 6.88. The van der Waals surface area contributed by atoms with Crippen LogP contribution < -0.4 is 4.74 Å². The molecule has 3 aromatic rings. The summed E-state index contributed by atoms with van der Waals surface area (Å²) in [5.41, 5.74) is 1.19. The summed E-state index contributed by atoms with van der Waals surface area (Å²) in [5.74, 6) is -0.450. The van der Waals surface area contributed by atoms with Gasteiger partial charge in [-0.3, -0.25) is 9.59 Å². The Morgan fingerprint density at radius 3 is 2.57 bits per heavy atom. The minimum Gasteiger partial charge on any atom is -0.507 e. The molecule has 30 heavy (non-hydrogen) atoms. The Morgan fingerprint density at radius 1 is 1.07 bits per heavy atom. The molecule has 1 atom stereocenters. The molecule has 0 bridgehead atoms. The largest absolute Gasteiger partial charge is 0.507 e. The Bertz CT molecular complexity index is 1090. The summed E-state index contributed by atoms with van der Waals surface area (Å²) in [6.45, 7) is 2.47. The zero-order valence-corrected chi connectivity index (χ0v) is 16.4. The smallest absolute Gasteiger partial charge is 0.296 e. The zero-order chi connectivity index (χ0) is 21.1. The van der Waals surface area contributed by atoms with Crippen LogP contribution in [0.15, 0.2) is 83.0 Å². The average Bonchev–Trinajstić information content (AvgIpc) is 3.37. The fourth-order valence-electron chi connectivity index (χ4n) is 3.65. The summed E-state index contributed by atoms with van der Waals surface area (Å²) in [6.07, 6.45) is 1.51. The van der Waals surface area contributed by atoms with Gasteiger partial charge >= 0.3 is 0 Å². The second-order valence-corrected chi connectivity index (χ2v) is 6.88. The summed E-state index contributed by atoms with van der Waals surface area (Å²) in [4.78, 5) is 27.3. The van der Waals surface area contributed by atoms with Gasteiger partial charge < -0.3 is 19.2 Å². The average molecular weight is 403 g/mol. The third-order valence-electron chi connectivity index (χ3n) is 4.98. The molecule has 0 saturated carbocycles. The molecule has 1 amide bonds. The summed E-state index contributed by atoms with van der Waals surface area (Å²) < 4.78 is 11.0. The van der Waals surface area contributed by atoms with E-state index in [-0.39, 0.29) is 17.9 Å². The van der Waals surface area contributed by atoms with Gasteiger partial charge in [-0.15, -0.1) is 0 Å². The number of likely N-dealkylation sites (tertiary alicyclic amines) is 1. The van der Waals surface area contributed by atoms with Crippen molar-refractivity contribution < 1.29 is 23.8 Å². The molecule has 4 rings (SSSR count). The first-order valence-electron chi connectivity index (χ1n) is 9.69. The van der Waals surface area contributed by atoms with E-state index in [0.29, 0.717) is 29.2 Å². The van der Waals surface area contributed by atoms with E-state index in [1.54, 1.807) is 48.5 Å². The number of nitrogens with zero attached hydrogens (tertiary/aromatic N) is 1. The van der Waals surface area contributed by atoms with Gasteiger partial charge in [-0.1, -0.05) is 42.5 Å². The molecule has 6 heteroatoms. The highest BCUT2D eigenvalue weighted by Crippen LogP contribution is 2.41. The van der Waals surface area contributed by atoms with Crippen molar-refractivity contribution in [1.29, 1.82) is 0 Å². The van der Waals surface area contributed by atoms with Gasteiger partial charge in [0.25, 0.3) is 11.7 Å². The zero-order valence-electron chi connectivity index (χ0n) is 16.4. The van der Waals surface area contributed by atoms with Gasteiger partial charge in [0.05, 0.1) is 31.0 Å². The highest BCUT2D eigenvalue weighted by molar-refractivity contribution is 6.46. The van der Waals surface area contributed by atoms with Crippen molar-refractivity contribution in [1.82, 2.24) is 4.90 Å². The number of amides is 1. The van der Waals surface area contributed by atoms with Gasteiger partial charge in [-0.25, -0.2) is 0 Å². The Balaban J connectivity index is 1.86. The normalized spacial score (nSPS) is 18.0. The number of rotatable bonds is 6. The summed E-state index contributed by atoms with van der Waals surface area (Å²) >= 11 is 0. The number of hydrogen-bond acceptors (Lipinski definition) is 5. The molecule has 0 spiro atoms. The third kappa shape index (κ3) is 3.59. The number of carbonyl (C=O) groups is 2. The van der Waals surface area contributed by atoms with Crippen LogP contribution in [0.1, 0.15) is 29.9 Å². The molecule has 2 heterocycles. The molecule has 1 aliphatic heterocycles. The molecule has 6 nitrogen and oxygen atoms in total. The van der Waals surface area contributed by atoms with Gasteiger partial charge in [0.2, 0.25) is 0 Å². The highest BCUT2D eigenvalue weighted by atomic mass is 16.5. The molecule has 2 aromatic carbocycles. The van der Waals surface area contributed by atoms with E-state index < -0.39 is 17.7 Å². The van der Waals surface area contributed by atoms with Gasteiger partial charge in [0, 0.05) is 5.56 Å². The van der Waals surface area contributed by atoms with Crippen LogP contribution in [0.3, 0.4) is 0 Å². The van der Waals surface area contributed by atoms with E-state index in [1.165, 1.54) is 11.2 Å². The van der Waals surface area contributed by atoms with Crippen LogP contribution in [-0.4, -0.2) is 28.3 Å². The lowest BCUT2D eigenvalue weighted by Crippen LogP contribution is -2.29. The maximum absolute atomic E-state index is 13.0. The lowest BCUT2D eigenvalue weighted by atomic mass is 9.95. The van der Waals surface area contributed by atoms with Crippen molar-refractivity contribution in [3.63, 3.8) is 0 Å². The monoisotopic (exact) mass is 403 g/mol. The predicted molar refractivity (Wildman–Crippen MR) is 111 cm³/mol. The molecule has 0 radical (unpaired) electrons. The van der Waals surface area contributed by atoms with E-state index >= 15 is 0 Å². The van der Waals surface area contributed by atoms with E-state index in [9.17, 15) is 14.7 Å². The van der Waals surface area contributed by atoms with Crippen LogP contribution in [0.2, 0.25) is 0 Å². The fourth-order valence-corrected chi connectivity index (χ4v) is 3.65. The van der Waals surface area contributed by atoms with Crippen LogP contribution in [0.25, 0.3) is 5.76 Å². The van der Waals surface area contributed by atoms with E-state index in [0.717, 1.165) is 0 Å². The molecule has 1 aliphatic rings. The number of ketones is 1. The number of furan rings is 1. The first-order valence-corrected chi connectivity index (χ1v) is 9.69. The van der Waals surface area contributed by atoms with Crippen LogP contribution in [-0.2, 0) is 16.1 Å². The van der Waals surface area contributed by atoms with Crippen LogP contribution in [0.5, 0.6) is 5.75 Å². The minimum absolute atomic E-state index is 0.0476. The molecule has 1 N–H and O–H groups in total. The summed E-state index contributed by atoms with van der Waals surface area (Å²) in [5, 5.41) is 11.0. The van der Waals surface area contributed by atoms with Crippen molar-refractivity contribution in [2.75, 3.05) is 6.61 Å². The highest BCUT2D eigenvalue weighted by Gasteiger charge is 2.46. The van der Waals surface area contributed by atoms with Gasteiger partial charge in [0.1, 0.15) is 17.3 Å². The Kier molecular flexibility index (Phi) is 5.39. The number of ether oxygens (including phenoxy) is 1. The maximum Gasteiger partial charge on any atom is 0.296 e. The SMILES string of the molecule is CCOc1cccc(C2/C(=C(\O)c3ccccc3)C(=O)C(=O)N2Cc2ccco2)c1. The number of carbonyl (C=O) groups excluding carboxylic acids is 2. The summed E-state index contributed by atoms with van der Waals surface area (Å²) in [6, 6.07) is 18.6. The van der Waals surface area contributed by atoms with Crippen molar-refractivity contribution >= 4 is 17.4 Å². The fraction of sp³-hybridized carbons (Fsp3) is 0.167. The number of Topliss-reactive ketones (excluding diaryl/α,β-unsaturated/α-hetero) is 1. The Morgan fingerprint density at radius 2 is 1.87 bits per heavy atom. The topological polar surface area (TPSA) is 80.0 Å². The number of hydrogen-bond donors (Lipinski definition) is 1. The number of aliphatic hydroxyl groups excluding tert-OH is 1. The number of benzene rings is 2. The van der Waals surface area contributed by atoms with Crippen LogP contribution >= 0.6 is 0 Å². The molecule has 1 fully saturated rings. The van der Waals surface area contributed by atoms with Crippen molar-refractivity contribution in [2.45, 2.75) is 19.5 Å². The van der Waals surface area contributed by atoms with Crippen LogP contribution in [0.4, 0.5) is 0 Å². The van der Waals surface area contributed by atoms with Gasteiger partial charge in [-0.05, 0) is 36.8 Å². The van der Waals surface area contributed by atoms with E-state index in [1.807, 2.05) is 25.1 Å². The minimum atomic E-state index is -0.768. The van der Waals surface area contributed by atoms with Crippen LogP contribution in [0, 0.1) is 0 Å². The Labute approximate surface area is 174 Å². The lowest BCUT2D eigenvalue weighted by Gasteiger charge is -2.25. The van der Waals surface area contributed by atoms with Crippen molar-refractivity contribution in [2.24, 2.45) is 0 Å². The van der Waals surface area contributed by atoms with Gasteiger partial charge in [-0.2, -0.15) is 0 Å². The van der Waals surface area contributed by atoms with E-state index in [2.05, 4.69) is 0 Å². The third-order valence-corrected chi connectivity index (χ3v) is 4.98. The first-order chi connectivity index (χ1) is 14.6. The second kappa shape index (κ2) is 8.29. The predicted octanol–water partition coefficient (Wildman–Crippen LogP) is 4.30. The quantitative estimate of drug-likeness (QED) is 0.377. The Hall–Kier alpha value is -3.80.